The van der Waals surface area contributed by atoms with Gasteiger partial charge in [0.1, 0.15) is 0 Å². The molecule has 0 bridgehead atoms. The van der Waals surface area contributed by atoms with Crippen LogP contribution in [0.15, 0.2) is 30.3 Å². The van der Waals surface area contributed by atoms with Gasteiger partial charge in [0.25, 0.3) is 5.91 Å². The molecule has 2 rings (SSSR count). The molecule has 18 heavy (non-hydrogen) atoms. The first-order valence-electron chi connectivity index (χ1n) is 5.13. The summed E-state index contributed by atoms with van der Waals surface area (Å²) in [7, 11) is 0. The van der Waals surface area contributed by atoms with Crippen molar-refractivity contribution in [2.45, 2.75) is 6.54 Å². The molecule has 0 saturated heterocycles. The Labute approximate surface area is 119 Å². The average molecular weight is 301 g/mol. The lowest BCUT2D eigenvalue weighted by atomic mass is 10.2. The van der Waals surface area contributed by atoms with Gasteiger partial charge in [0.15, 0.2) is 0 Å². The summed E-state index contributed by atoms with van der Waals surface area (Å²) in [5.41, 5.74) is 6.51. The van der Waals surface area contributed by atoms with E-state index in [1.165, 1.54) is 11.3 Å². The number of hydrogen-bond donors (Lipinski definition) is 2. The van der Waals surface area contributed by atoms with Crippen LogP contribution in [-0.4, -0.2) is 5.91 Å². The number of nitrogens with two attached hydrogens (primary N) is 1. The highest BCUT2D eigenvalue weighted by molar-refractivity contribution is 7.16. The highest BCUT2D eigenvalue weighted by atomic mass is 35.5. The Morgan fingerprint density at radius 3 is 2.67 bits per heavy atom. The molecule has 94 valence electrons. The van der Waals surface area contributed by atoms with Gasteiger partial charge in [0, 0.05) is 10.6 Å². The zero-order chi connectivity index (χ0) is 13.1. The number of thiophene rings is 1. The van der Waals surface area contributed by atoms with E-state index in [1.807, 2.05) is 6.07 Å². The molecule has 1 aromatic carbocycles. The van der Waals surface area contributed by atoms with Gasteiger partial charge in [0.05, 0.1) is 21.5 Å². The number of nitrogen functional groups attached to an aromatic ring is 1. The van der Waals surface area contributed by atoms with E-state index in [1.54, 1.807) is 24.3 Å². The van der Waals surface area contributed by atoms with Crippen molar-refractivity contribution in [2.75, 3.05) is 5.73 Å². The van der Waals surface area contributed by atoms with Crippen molar-refractivity contribution in [3.05, 3.63) is 50.1 Å². The van der Waals surface area contributed by atoms with Crippen LogP contribution in [0.25, 0.3) is 0 Å². The minimum atomic E-state index is -0.232. The Kier molecular flexibility index (Phi) is 4.11. The fourth-order valence-corrected chi connectivity index (χ4v) is 2.73. The van der Waals surface area contributed by atoms with Gasteiger partial charge in [0.2, 0.25) is 0 Å². The monoisotopic (exact) mass is 300 g/mol. The highest BCUT2D eigenvalue weighted by Crippen LogP contribution is 2.22. The normalized spacial score (nSPS) is 10.3. The molecule has 0 aliphatic heterocycles. The smallest absolute Gasteiger partial charge is 0.253 e. The van der Waals surface area contributed by atoms with Crippen molar-refractivity contribution in [2.24, 2.45) is 0 Å². The van der Waals surface area contributed by atoms with Crippen molar-refractivity contribution in [1.82, 2.24) is 5.32 Å². The maximum atomic E-state index is 11.9. The van der Waals surface area contributed by atoms with E-state index in [4.69, 9.17) is 28.9 Å². The largest absolute Gasteiger partial charge is 0.399 e. The van der Waals surface area contributed by atoms with Gasteiger partial charge in [-0.25, -0.2) is 0 Å². The standard InChI is InChI=1S/C12H10Cl2N2OS/c13-10-5-7(15)1-3-9(10)12(17)16-6-8-2-4-11(14)18-8/h1-5H,6,15H2,(H,16,17). The SMILES string of the molecule is Nc1ccc(C(=O)NCc2ccc(Cl)s2)c(Cl)c1. The predicted octanol–water partition coefficient (Wildman–Crippen LogP) is 3.57. The van der Waals surface area contributed by atoms with E-state index >= 15 is 0 Å². The van der Waals surface area contributed by atoms with Crippen molar-refractivity contribution >= 4 is 46.1 Å². The molecule has 1 amide bonds. The van der Waals surface area contributed by atoms with Gasteiger partial charge in [-0.1, -0.05) is 23.2 Å². The number of amides is 1. The quantitative estimate of drug-likeness (QED) is 0.852. The summed E-state index contributed by atoms with van der Waals surface area (Å²) >= 11 is 13.2. The van der Waals surface area contributed by atoms with Crippen molar-refractivity contribution in [3.63, 3.8) is 0 Å². The number of anilines is 1. The van der Waals surface area contributed by atoms with Gasteiger partial charge in [-0.05, 0) is 30.3 Å². The third kappa shape index (κ3) is 3.16. The van der Waals surface area contributed by atoms with Gasteiger partial charge < -0.3 is 11.1 Å². The summed E-state index contributed by atoms with van der Waals surface area (Å²) in [5, 5.41) is 3.12. The van der Waals surface area contributed by atoms with Crippen LogP contribution in [0.2, 0.25) is 9.36 Å². The van der Waals surface area contributed by atoms with Crippen LogP contribution in [-0.2, 0) is 6.54 Å². The van der Waals surface area contributed by atoms with Crippen molar-refractivity contribution in [1.29, 1.82) is 0 Å². The minimum absolute atomic E-state index is 0.232. The van der Waals surface area contributed by atoms with Gasteiger partial charge >= 0.3 is 0 Å². The molecule has 0 aliphatic rings. The van der Waals surface area contributed by atoms with Crippen LogP contribution >= 0.6 is 34.5 Å². The first kappa shape index (κ1) is 13.2. The second kappa shape index (κ2) is 5.61. The third-order valence-electron chi connectivity index (χ3n) is 2.29. The van der Waals surface area contributed by atoms with Crippen LogP contribution in [0.3, 0.4) is 0 Å². The Bertz CT molecular complexity index is 583. The molecule has 0 radical (unpaired) electrons. The Balaban J connectivity index is 2.03. The molecule has 3 nitrogen and oxygen atoms in total. The zero-order valence-corrected chi connectivity index (χ0v) is 11.6. The molecular formula is C12H10Cl2N2OS. The summed E-state index contributed by atoms with van der Waals surface area (Å²) in [6.45, 7) is 0.428. The Hall–Kier alpha value is -1.23. The molecular weight excluding hydrogens is 291 g/mol. The summed E-state index contributed by atoms with van der Waals surface area (Å²) in [5.74, 6) is -0.232. The molecule has 1 heterocycles. The lowest BCUT2D eigenvalue weighted by molar-refractivity contribution is 0.0951. The molecule has 0 saturated carbocycles. The maximum absolute atomic E-state index is 11.9. The number of carbonyl (C=O) groups excluding carboxylic acids is 1. The van der Waals surface area contributed by atoms with E-state index < -0.39 is 0 Å². The molecule has 6 heteroatoms. The molecule has 0 atom stereocenters. The molecule has 0 fully saturated rings. The highest BCUT2D eigenvalue weighted by Gasteiger charge is 2.10. The fourth-order valence-electron chi connectivity index (χ4n) is 1.42. The molecule has 0 aliphatic carbocycles. The van der Waals surface area contributed by atoms with Crippen LogP contribution in [0, 0.1) is 0 Å². The van der Waals surface area contributed by atoms with Crippen LogP contribution < -0.4 is 11.1 Å². The third-order valence-corrected chi connectivity index (χ3v) is 3.83. The Morgan fingerprint density at radius 1 is 1.28 bits per heavy atom. The first-order chi connectivity index (χ1) is 8.56. The van der Waals surface area contributed by atoms with Crippen LogP contribution in [0.1, 0.15) is 15.2 Å². The maximum Gasteiger partial charge on any atom is 0.253 e. The average Bonchev–Trinajstić information content (AvgIpc) is 2.72. The van der Waals surface area contributed by atoms with Crippen molar-refractivity contribution in [3.8, 4) is 0 Å². The van der Waals surface area contributed by atoms with Crippen LogP contribution in [0.5, 0.6) is 0 Å². The lowest BCUT2D eigenvalue weighted by Crippen LogP contribution is -2.22. The van der Waals surface area contributed by atoms with E-state index in [9.17, 15) is 4.79 Å². The van der Waals surface area contributed by atoms with E-state index in [0.717, 1.165) is 4.88 Å². The second-order valence-electron chi connectivity index (χ2n) is 3.63. The molecule has 2 aromatic rings. The predicted molar refractivity (Wildman–Crippen MR) is 76.4 cm³/mol. The number of rotatable bonds is 3. The van der Waals surface area contributed by atoms with Gasteiger partial charge in [-0.15, -0.1) is 11.3 Å². The number of halogens is 2. The topological polar surface area (TPSA) is 55.1 Å². The fraction of sp³-hybridized carbons (Fsp3) is 0.0833. The molecule has 3 N–H and O–H groups in total. The van der Waals surface area contributed by atoms with Gasteiger partial charge in [-0.2, -0.15) is 0 Å². The lowest BCUT2D eigenvalue weighted by Gasteiger charge is -2.06. The summed E-state index contributed by atoms with van der Waals surface area (Å²) < 4.78 is 0.699. The van der Waals surface area contributed by atoms with Crippen molar-refractivity contribution < 1.29 is 4.79 Å². The summed E-state index contributed by atoms with van der Waals surface area (Å²) in [6, 6.07) is 8.47. The van der Waals surface area contributed by atoms with E-state index in [2.05, 4.69) is 5.32 Å². The van der Waals surface area contributed by atoms with E-state index in [0.29, 0.717) is 27.2 Å². The molecule has 0 unspecified atom stereocenters. The first-order valence-corrected chi connectivity index (χ1v) is 6.71. The minimum Gasteiger partial charge on any atom is -0.399 e. The summed E-state index contributed by atoms with van der Waals surface area (Å²) in [6.07, 6.45) is 0. The second-order valence-corrected chi connectivity index (χ2v) is 5.83. The number of nitrogens with one attached hydrogen (secondary N) is 1. The number of benzene rings is 1. The number of carbonyl (C=O) groups is 1. The molecule has 1 aromatic heterocycles. The van der Waals surface area contributed by atoms with E-state index in [-0.39, 0.29) is 5.91 Å². The molecule has 0 spiro atoms. The van der Waals surface area contributed by atoms with Gasteiger partial charge in [-0.3, -0.25) is 4.79 Å². The summed E-state index contributed by atoms with van der Waals surface area (Å²) in [4.78, 5) is 12.9. The number of hydrogen-bond acceptors (Lipinski definition) is 3. The Morgan fingerprint density at radius 2 is 2.06 bits per heavy atom. The van der Waals surface area contributed by atoms with Crippen LogP contribution in [0.4, 0.5) is 5.69 Å². The zero-order valence-electron chi connectivity index (χ0n) is 9.24.